The van der Waals surface area contributed by atoms with Crippen molar-refractivity contribution in [1.29, 1.82) is 0 Å². The summed E-state index contributed by atoms with van der Waals surface area (Å²) >= 11 is 6.13. The molecule has 0 saturated carbocycles. The minimum atomic E-state index is 0.432. The van der Waals surface area contributed by atoms with Crippen LogP contribution in [-0.2, 0) is 6.54 Å². The number of hydrogen-bond donors (Lipinski definition) is 1. The van der Waals surface area contributed by atoms with Gasteiger partial charge in [-0.25, -0.2) is 0 Å². The molecule has 1 heterocycles. The van der Waals surface area contributed by atoms with Crippen LogP contribution >= 0.6 is 11.6 Å². The highest BCUT2D eigenvalue weighted by Gasteiger charge is 2.08. The van der Waals surface area contributed by atoms with Crippen molar-refractivity contribution in [2.45, 2.75) is 26.4 Å². The molecule has 0 radical (unpaired) electrons. The Morgan fingerprint density at radius 3 is 2.75 bits per heavy atom. The molecule has 0 aliphatic rings. The van der Waals surface area contributed by atoms with Gasteiger partial charge in [0.1, 0.15) is 5.75 Å². The molecule has 0 fully saturated rings. The molecule has 1 aromatic heterocycles. The Morgan fingerprint density at radius 1 is 1.25 bits per heavy atom. The molecule has 1 aromatic carbocycles. The standard InChI is InChI=1S/C16H19ClN2O/c1-11(2)19-9-12-4-5-14(17)7-16(12)13-6-15(20-3)10-18-8-13/h4-8,10-11,19H,9H2,1-3H3. The Labute approximate surface area is 124 Å². The maximum Gasteiger partial charge on any atom is 0.137 e. The van der Waals surface area contributed by atoms with Crippen molar-refractivity contribution in [2.75, 3.05) is 7.11 Å². The number of hydrogen-bond acceptors (Lipinski definition) is 3. The van der Waals surface area contributed by atoms with E-state index in [2.05, 4.69) is 24.1 Å². The molecule has 4 heteroatoms. The molecule has 0 aliphatic carbocycles. The predicted octanol–water partition coefficient (Wildman–Crippen LogP) is 3.91. The average molecular weight is 291 g/mol. The average Bonchev–Trinajstić information content (AvgIpc) is 2.46. The van der Waals surface area contributed by atoms with Crippen molar-refractivity contribution < 1.29 is 4.74 Å². The van der Waals surface area contributed by atoms with Crippen LogP contribution in [0.5, 0.6) is 5.75 Å². The van der Waals surface area contributed by atoms with Crippen molar-refractivity contribution in [3.63, 3.8) is 0 Å². The van der Waals surface area contributed by atoms with E-state index in [0.717, 1.165) is 28.4 Å². The summed E-state index contributed by atoms with van der Waals surface area (Å²) in [6.07, 6.45) is 3.52. The zero-order valence-electron chi connectivity index (χ0n) is 12.0. The molecule has 20 heavy (non-hydrogen) atoms. The third-order valence-corrected chi connectivity index (χ3v) is 3.27. The molecule has 0 bridgehead atoms. The predicted molar refractivity (Wildman–Crippen MR) is 83.2 cm³/mol. The summed E-state index contributed by atoms with van der Waals surface area (Å²) in [4.78, 5) is 4.21. The molecule has 2 aromatic rings. The van der Waals surface area contributed by atoms with E-state index < -0.39 is 0 Å². The summed E-state index contributed by atoms with van der Waals surface area (Å²) in [6.45, 7) is 5.05. The monoisotopic (exact) mass is 290 g/mol. The molecular formula is C16H19ClN2O. The Bertz CT molecular complexity index is 584. The van der Waals surface area contributed by atoms with Crippen LogP contribution in [0.2, 0.25) is 5.02 Å². The third-order valence-electron chi connectivity index (χ3n) is 3.03. The van der Waals surface area contributed by atoms with Gasteiger partial charge < -0.3 is 10.1 Å². The van der Waals surface area contributed by atoms with Gasteiger partial charge in [0, 0.05) is 29.4 Å². The van der Waals surface area contributed by atoms with Crippen LogP contribution < -0.4 is 10.1 Å². The van der Waals surface area contributed by atoms with E-state index in [1.54, 1.807) is 13.3 Å². The van der Waals surface area contributed by atoms with Gasteiger partial charge in [-0.15, -0.1) is 0 Å². The van der Waals surface area contributed by atoms with Gasteiger partial charge in [0.25, 0.3) is 0 Å². The maximum absolute atomic E-state index is 6.13. The van der Waals surface area contributed by atoms with Crippen LogP contribution in [0.4, 0.5) is 0 Å². The van der Waals surface area contributed by atoms with E-state index in [1.807, 2.05) is 30.5 Å². The van der Waals surface area contributed by atoms with Crippen LogP contribution in [0.1, 0.15) is 19.4 Å². The second-order valence-electron chi connectivity index (χ2n) is 4.95. The smallest absolute Gasteiger partial charge is 0.137 e. The maximum atomic E-state index is 6.13. The van der Waals surface area contributed by atoms with Gasteiger partial charge in [-0.05, 0) is 29.3 Å². The molecule has 0 aliphatic heterocycles. The zero-order valence-corrected chi connectivity index (χ0v) is 12.7. The number of methoxy groups -OCH3 is 1. The molecule has 0 spiro atoms. The Morgan fingerprint density at radius 2 is 2.05 bits per heavy atom. The van der Waals surface area contributed by atoms with Crippen LogP contribution in [0.3, 0.4) is 0 Å². The SMILES string of the molecule is COc1cncc(-c2cc(Cl)ccc2CNC(C)C)c1. The summed E-state index contributed by atoms with van der Waals surface area (Å²) in [7, 11) is 1.64. The van der Waals surface area contributed by atoms with Gasteiger partial charge in [0.05, 0.1) is 13.3 Å². The van der Waals surface area contributed by atoms with Crippen LogP contribution in [0.25, 0.3) is 11.1 Å². The van der Waals surface area contributed by atoms with Crippen molar-refractivity contribution in [3.05, 3.63) is 47.2 Å². The van der Waals surface area contributed by atoms with Gasteiger partial charge in [-0.1, -0.05) is 31.5 Å². The van der Waals surface area contributed by atoms with E-state index in [4.69, 9.17) is 16.3 Å². The number of halogens is 1. The molecular weight excluding hydrogens is 272 g/mol. The number of pyridine rings is 1. The largest absolute Gasteiger partial charge is 0.495 e. The van der Waals surface area contributed by atoms with Gasteiger partial charge in [-0.3, -0.25) is 4.98 Å². The van der Waals surface area contributed by atoms with Crippen LogP contribution in [0, 0.1) is 0 Å². The quantitative estimate of drug-likeness (QED) is 0.906. The van der Waals surface area contributed by atoms with Crippen LogP contribution in [-0.4, -0.2) is 18.1 Å². The molecule has 2 rings (SSSR count). The number of nitrogens with one attached hydrogen (secondary N) is 1. The normalized spacial score (nSPS) is 10.8. The first-order valence-electron chi connectivity index (χ1n) is 6.61. The molecule has 3 nitrogen and oxygen atoms in total. The van der Waals surface area contributed by atoms with Gasteiger partial charge in [0.15, 0.2) is 0 Å². The highest BCUT2D eigenvalue weighted by molar-refractivity contribution is 6.30. The number of benzene rings is 1. The lowest BCUT2D eigenvalue weighted by molar-refractivity contribution is 0.413. The van der Waals surface area contributed by atoms with E-state index in [9.17, 15) is 0 Å². The van der Waals surface area contributed by atoms with E-state index in [0.29, 0.717) is 6.04 Å². The fourth-order valence-electron chi connectivity index (χ4n) is 1.96. The molecule has 0 unspecified atom stereocenters. The van der Waals surface area contributed by atoms with Crippen molar-refractivity contribution >= 4 is 11.6 Å². The van der Waals surface area contributed by atoms with Crippen molar-refractivity contribution in [1.82, 2.24) is 10.3 Å². The lowest BCUT2D eigenvalue weighted by Crippen LogP contribution is -2.22. The molecule has 0 amide bonds. The van der Waals surface area contributed by atoms with Gasteiger partial charge >= 0.3 is 0 Å². The minimum Gasteiger partial charge on any atom is -0.495 e. The Kier molecular flexibility index (Phi) is 4.99. The minimum absolute atomic E-state index is 0.432. The topological polar surface area (TPSA) is 34.1 Å². The van der Waals surface area contributed by atoms with Gasteiger partial charge in [0.2, 0.25) is 0 Å². The van der Waals surface area contributed by atoms with Gasteiger partial charge in [-0.2, -0.15) is 0 Å². The lowest BCUT2D eigenvalue weighted by atomic mass is 10.0. The summed E-state index contributed by atoms with van der Waals surface area (Å²) in [5, 5.41) is 4.14. The fraction of sp³-hybridized carbons (Fsp3) is 0.312. The molecule has 106 valence electrons. The van der Waals surface area contributed by atoms with E-state index in [-0.39, 0.29) is 0 Å². The van der Waals surface area contributed by atoms with Crippen molar-refractivity contribution in [3.8, 4) is 16.9 Å². The first kappa shape index (κ1) is 14.8. The van der Waals surface area contributed by atoms with E-state index >= 15 is 0 Å². The molecule has 0 saturated heterocycles. The first-order chi connectivity index (χ1) is 9.60. The Hall–Kier alpha value is -1.58. The highest BCUT2D eigenvalue weighted by atomic mass is 35.5. The molecule has 1 N–H and O–H groups in total. The van der Waals surface area contributed by atoms with Crippen LogP contribution in [0.15, 0.2) is 36.7 Å². The summed E-state index contributed by atoms with van der Waals surface area (Å²) in [6, 6.07) is 8.33. The number of ether oxygens (including phenoxy) is 1. The summed E-state index contributed by atoms with van der Waals surface area (Å²) < 4.78 is 5.23. The number of nitrogens with zero attached hydrogens (tertiary/aromatic N) is 1. The zero-order chi connectivity index (χ0) is 14.5. The Balaban J connectivity index is 2.39. The second kappa shape index (κ2) is 6.73. The second-order valence-corrected chi connectivity index (χ2v) is 5.39. The fourth-order valence-corrected chi connectivity index (χ4v) is 2.14. The van der Waals surface area contributed by atoms with E-state index in [1.165, 1.54) is 5.56 Å². The lowest BCUT2D eigenvalue weighted by Gasteiger charge is -2.13. The highest BCUT2D eigenvalue weighted by Crippen LogP contribution is 2.28. The number of aromatic nitrogens is 1. The molecule has 0 atom stereocenters. The third kappa shape index (κ3) is 3.71. The summed E-state index contributed by atoms with van der Waals surface area (Å²) in [5.41, 5.74) is 3.28. The summed E-state index contributed by atoms with van der Waals surface area (Å²) in [5.74, 6) is 0.741. The number of rotatable bonds is 5. The first-order valence-corrected chi connectivity index (χ1v) is 6.99. The van der Waals surface area contributed by atoms with Crippen molar-refractivity contribution in [2.24, 2.45) is 0 Å².